The Kier molecular flexibility index (Phi) is 4.93. The summed E-state index contributed by atoms with van der Waals surface area (Å²) in [6.07, 6.45) is 3.42. The van der Waals surface area contributed by atoms with E-state index in [-0.39, 0.29) is 18.4 Å². The highest BCUT2D eigenvalue weighted by Gasteiger charge is 2.55. The van der Waals surface area contributed by atoms with Gasteiger partial charge in [-0.15, -0.1) is 0 Å². The molecule has 1 saturated carbocycles. The summed E-state index contributed by atoms with van der Waals surface area (Å²) >= 11 is 11.8. The Morgan fingerprint density at radius 2 is 1.96 bits per heavy atom. The number of halogens is 2. The number of amides is 4. The van der Waals surface area contributed by atoms with Crippen molar-refractivity contribution in [2.24, 2.45) is 5.92 Å². The maximum Gasteiger partial charge on any atom is 0.325 e. The lowest BCUT2D eigenvalue weighted by molar-refractivity contribution is -0.136. The highest BCUT2D eigenvalue weighted by molar-refractivity contribution is 6.35. The quantitative estimate of drug-likeness (QED) is 0.784. The Hall–Kier alpha value is -1.79. The number of nitrogens with zero attached hydrogens (tertiary/aromatic N) is 1. The SMILES string of the molecule is C[C@@H]1CCCC[C@]12NC(=O)N(CC(=O)Nc1cc(Cl)cc(Cl)c1)C2=O. The van der Waals surface area contributed by atoms with Gasteiger partial charge in [-0.3, -0.25) is 14.5 Å². The monoisotopic (exact) mass is 383 g/mol. The Bertz CT molecular complexity index is 720. The highest BCUT2D eigenvalue weighted by Crippen LogP contribution is 2.38. The van der Waals surface area contributed by atoms with E-state index in [0.717, 1.165) is 24.2 Å². The van der Waals surface area contributed by atoms with Crippen molar-refractivity contribution in [1.82, 2.24) is 10.2 Å². The van der Waals surface area contributed by atoms with E-state index in [0.29, 0.717) is 22.2 Å². The van der Waals surface area contributed by atoms with Crippen LogP contribution < -0.4 is 10.6 Å². The van der Waals surface area contributed by atoms with Crippen LogP contribution in [-0.4, -0.2) is 34.8 Å². The lowest BCUT2D eigenvalue weighted by Gasteiger charge is -2.36. The maximum absolute atomic E-state index is 12.8. The van der Waals surface area contributed by atoms with E-state index in [1.807, 2.05) is 6.92 Å². The van der Waals surface area contributed by atoms with Gasteiger partial charge in [0.1, 0.15) is 12.1 Å². The molecule has 0 aromatic heterocycles. The van der Waals surface area contributed by atoms with Crippen LogP contribution in [0.1, 0.15) is 32.6 Å². The van der Waals surface area contributed by atoms with E-state index in [9.17, 15) is 14.4 Å². The minimum atomic E-state index is -0.866. The predicted molar refractivity (Wildman–Crippen MR) is 95.7 cm³/mol. The third-order valence-corrected chi connectivity index (χ3v) is 5.39. The molecule has 0 bridgehead atoms. The van der Waals surface area contributed by atoms with Gasteiger partial charge in [0, 0.05) is 15.7 Å². The Balaban J connectivity index is 1.71. The third kappa shape index (κ3) is 3.46. The number of urea groups is 1. The van der Waals surface area contributed by atoms with Crippen LogP contribution in [0, 0.1) is 5.92 Å². The second kappa shape index (κ2) is 6.84. The smallest absolute Gasteiger partial charge is 0.324 e. The molecule has 1 aromatic rings. The van der Waals surface area contributed by atoms with E-state index < -0.39 is 17.5 Å². The van der Waals surface area contributed by atoms with Crippen LogP contribution in [0.5, 0.6) is 0 Å². The van der Waals surface area contributed by atoms with Crippen molar-refractivity contribution in [3.05, 3.63) is 28.2 Å². The normalized spacial score (nSPS) is 26.0. The average Bonchev–Trinajstić information content (AvgIpc) is 2.74. The molecule has 1 spiro atoms. The summed E-state index contributed by atoms with van der Waals surface area (Å²) in [5, 5.41) is 6.20. The fraction of sp³-hybridized carbons (Fsp3) is 0.471. The Labute approximate surface area is 155 Å². The van der Waals surface area contributed by atoms with Gasteiger partial charge < -0.3 is 10.6 Å². The van der Waals surface area contributed by atoms with E-state index in [2.05, 4.69) is 10.6 Å². The van der Waals surface area contributed by atoms with E-state index in [4.69, 9.17) is 23.2 Å². The first kappa shape index (κ1) is 18.0. The lowest BCUT2D eigenvalue weighted by Crippen LogP contribution is -2.54. The molecule has 0 radical (unpaired) electrons. The number of rotatable bonds is 3. The van der Waals surface area contributed by atoms with E-state index in [1.54, 1.807) is 18.2 Å². The number of carbonyl (C=O) groups excluding carboxylic acids is 3. The lowest BCUT2D eigenvalue weighted by atomic mass is 9.73. The van der Waals surface area contributed by atoms with Crippen molar-refractivity contribution in [3.8, 4) is 0 Å². The molecule has 2 N–H and O–H groups in total. The average molecular weight is 384 g/mol. The topological polar surface area (TPSA) is 78.5 Å². The van der Waals surface area contributed by atoms with E-state index >= 15 is 0 Å². The van der Waals surface area contributed by atoms with Gasteiger partial charge in [0.15, 0.2) is 0 Å². The molecule has 2 aliphatic rings. The molecule has 2 fully saturated rings. The van der Waals surface area contributed by atoms with Gasteiger partial charge in [-0.1, -0.05) is 43.0 Å². The molecule has 6 nitrogen and oxygen atoms in total. The second-order valence-corrected chi connectivity index (χ2v) is 7.52. The first-order valence-corrected chi connectivity index (χ1v) is 8.97. The van der Waals surface area contributed by atoms with Gasteiger partial charge in [0.2, 0.25) is 5.91 Å². The summed E-state index contributed by atoms with van der Waals surface area (Å²) in [6.45, 7) is 1.62. The van der Waals surface area contributed by atoms with Crippen LogP contribution in [0.15, 0.2) is 18.2 Å². The predicted octanol–water partition coefficient (Wildman–Crippen LogP) is 3.43. The number of nitrogens with one attached hydrogen (secondary N) is 2. The molecule has 4 amide bonds. The van der Waals surface area contributed by atoms with Crippen molar-refractivity contribution in [2.45, 2.75) is 38.1 Å². The molecule has 1 aromatic carbocycles. The maximum atomic E-state index is 12.8. The van der Waals surface area contributed by atoms with Crippen molar-refractivity contribution in [3.63, 3.8) is 0 Å². The summed E-state index contributed by atoms with van der Waals surface area (Å²) in [4.78, 5) is 38.3. The van der Waals surface area contributed by atoms with Gasteiger partial charge in [-0.25, -0.2) is 4.79 Å². The minimum absolute atomic E-state index is 0.0532. The van der Waals surface area contributed by atoms with Crippen LogP contribution in [0.2, 0.25) is 10.0 Å². The number of hydrogen-bond acceptors (Lipinski definition) is 3. The molecule has 1 aliphatic heterocycles. The molecular weight excluding hydrogens is 365 g/mol. The first-order chi connectivity index (χ1) is 11.8. The van der Waals surface area contributed by atoms with Crippen molar-refractivity contribution in [2.75, 3.05) is 11.9 Å². The molecular formula is C17H19Cl2N3O3. The van der Waals surface area contributed by atoms with Gasteiger partial charge in [0.25, 0.3) is 5.91 Å². The zero-order valence-electron chi connectivity index (χ0n) is 13.8. The summed E-state index contributed by atoms with van der Waals surface area (Å²) in [7, 11) is 0. The zero-order chi connectivity index (χ0) is 18.2. The molecule has 25 heavy (non-hydrogen) atoms. The molecule has 2 atom stereocenters. The molecule has 1 heterocycles. The van der Waals surface area contributed by atoms with Gasteiger partial charge in [-0.2, -0.15) is 0 Å². The molecule has 3 rings (SSSR count). The van der Waals surface area contributed by atoms with E-state index in [1.165, 1.54) is 0 Å². The standard InChI is InChI=1S/C17H19Cl2N3O3/c1-10-4-2-3-5-17(10)15(24)22(16(25)21-17)9-14(23)20-13-7-11(18)6-12(19)8-13/h6-8,10H,2-5,9H2,1H3,(H,20,23)(H,21,25)/t10-,17+/m1/s1. The zero-order valence-corrected chi connectivity index (χ0v) is 15.3. The number of imide groups is 1. The van der Waals surface area contributed by atoms with Gasteiger partial charge >= 0.3 is 6.03 Å². The van der Waals surface area contributed by atoms with Gasteiger partial charge in [0.05, 0.1) is 0 Å². The number of anilines is 1. The molecule has 0 unspecified atom stereocenters. The fourth-order valence-electron chi connectivity index (χ4n) is 3.61. The first-order valence-electron chi connectivity index (χ1n) is 8.22. The number of benzene rings is 1. The van der Waals surface area contributed by atoms with Crippen LogP contribution in [0.3, 0.4) is 0 Å². The van der Waals surface area contributed by atoms with Crippen LogP contribution in [-0.2, 0) is 9.59 Å². The highest BCUT2D eigenvalue weighted by atomic mass is 35.5. The largest absolute Gasteiger partial charge is 0.325 e. The van der Waals surface area contributed by atoms with Crippen LogP contribution in [0.25, 0.3) is 0 Å². The number of carbonyl (C=O) groups is 3. The van der Waals surface area contributed by atoms with Gasteiger partial charge in [-0.05, 0) is 37.0 Å². The second-order valence-electron chi connectivity index (χ2n) is 6.65. The molecule has 1 saturated heterocycles. The van der Waals surface area contributed by atoms with Crippen LogP contribution >= 0.6 is 23.2 Å². The summed E-state index contributed by atoms with van der Waals surface area (Å²) < 4.78 is 0. The Morgan fingerprint density at radius 3 is 2.60 bits per heavy atom. The van der Waals surface area contributed by atoms with Crippen molar-refractivity contribution >= 4 is 46.7 Å². The fourth-order valence-corrected chi connectivity index (χ4v) is 4.14. The Morgan fingerprint density at radius 1 is 1.28 bits per heavy atom. The summed E-state index contributed by atoms with van der Waals surface area (Å²) in [6, 6.07) is 4.12. The minimum Gasteiger partial charge on any atom is -0.324 e. The molecule has 8 heteroatoms. The number of hydrogen-bond donors (Lipinski definition) is 2. The van der Waals surface area contributed by atoms with Crippen LogP contribution in [0.4, 0.5) is 10.5 Å². The molecule has 134 valence electrons. The third-order valence-electron chi connectivity index (χ3n) is 4.95. The van der Waals surface area contributed by atoms with Crippen molar-refractivity contribution in [1.29, 1.82) is 0 Å². The summed E-state index contributed by atoms with van der Waals surface area (Å²) in [5.41, 5.74) is -0.454. The summed E-state index contributed by atoms with van der Waals surface area (Å²) in [5.74, 6) is -0.746. The van der Waals surface area contributed by atoms with Crippen molar-refractivity contribution < 1.29 is 14.4 Å². The molecule has 1 aliphatic carbocycles.